The quantitative estimate of drug-likeness (QED) is 0.147. The van der Waals surface area contributed by atoms with Gasteiger partial charge >= 0.3 is 12.1 Å². The third-order valence-electron chi connectivity index (χ3n) is 9.42. The summed E-state index contributed by atoms with van der Waals surface area (Å²) in [5, 5.41) is 11.6. The van der Waals surface area contributed by atoms with Crippen LogP contribution in [-0.2, 0) is 22.4 Å². The second kappa shape index (κ2) is 16.1. The third kappa shape index (κ3) is 8.27. The summed E-state index contributed by atoms with van der Waals surface area (Å²) in [6, 6.07) is 16.6. The molecule has 1 aromatic heterocycles. The number of piperidine rings is 3. The monoisotopic (exact) mass is 735 g/mol. The lowest BCUT2D eigenvalue weighted by Crippen LogP contribution is -2.53. The molecule has 4 aromatic rings. The molecule has 0 unspecified atom stereocenters. The Morgan fingerprint density at radius 1 is 0.941 bits per heavy atom. The summed E-state index contributed by atoms with van der Waals surface area (Å²) in [6.07, 6.45) is 3.35. The van der Waals surface area contributed by atoms with Crippen LogP contribution in [0.5, 0.6) is 23.0 Å². The predicted molar refractivity (Wildman–Crippen MR) is 192 cm³/mol. The van der Waals surface area contributed by atoms with Crippen molar-refractivity contribution in [3.05, 3.63) is 105 Å². The summed E-state index contributed by atoms with van der Waals surface area (Å²) in [7, 11) is 4.56. The minimum Gasteiger partial charge on any atom is -0.506 e. The van der Waals surface area contributed by atoms with Crippen molar-refractivity contribution in [2.75, 3.05) is 45.9 Å². The summed E-state index contributed by atoms with van der Waals surface area (Å²) in [5.74, 6) is 0.963. The van der Waals surface area contributed by atoms with Crippen molar-refractivity contribution < 1.29 is 38.4 Å². The number of carbonyl (C=O) groups excluding carboxylic acids is 2. The molecular weight excluding hydrogens is 697 g/mol. The number of methoxy groups -OCH3 is 3. The van der Waals surface area contributed by atoms with E-state index in [9.17, 15) is 14.7 Å². The molecule has 3 saturated heterocycles. The lowest BCUT2D eigenvalue weighted by molar-refractivity contribution is -0.0311. The first-order valence-corrected chi connectivity index (χ1v) is 17.3. The maximum absolute atomic E-state index is 13.9. The molecule has 3 fully saturated rings. The van der Waals surface area contributed by atoms with Gasteiger partial charge in [0.25, 0.3) is 0 Å². The van der Waals surface area contributed by atoms with Crippen molar-refractivity contribution in [3.63, 3.8) is 0 Å². The van der Waals surface area contributed by atoms with Gasteiger partial charge in [0.1, 0.15) is 23.7 Å². The topological polar surface area (TPSA) is 120 Å². The van der Waals surface area contributed by atoms with Gasteiger partial charge in [-0.15, -0.1) is 0 Å². The molecule has 13 heteroatoms. The number of phenolic OH excluding ortho intramolecular Hbond substituents is 1. The van der Waals surface area contributed by atoms with Crippen LogP contribution in [-0.4, -0.2) is 74.1 Å². The normalized spacial score (nSPS) is 18.4. The number of amides is 1. The molecule has 268 valence electrons. The number of fused-ring (bicyclic) bond motifs is 3. The molecule has 7 rings (SSSR count). The van der Waals surface area contributed by atoms with E-state index in [2.05, 4.69) is 9.88 Å². The fourth-order valence-corrected chi connectivity index (χ4v) is 7.13. The van der Waals surface area contributed by atoms with Crippen molar-refractivity contribution in [2.45, 2.75) is 38.0 Å². The number of aromatic hydroxyl groups is 1. The number of aromatic nitrogens is 1. The fourth-order valence-electron chi connectivity index (χ4n) is 6.61. The van der Waals surface area contributed by atoms with Crippen LogP contribution < -0.4 is 19.1 Å². The first kappa shape index (κ1) is 36.1. The van der Waals surface area contributed by atoms with Gasteiger partial charge in [0.05, 0.1) is 49.2 Å². The number of esters is 1. The molecule has 0 spiro atoms. The second-order valence-electron chi connectivity index (χ2n) is 12.5. The first-order chi connectivity index (χ1) is 24.7. The maximum Gasteiger partial charge on any atom is 0.415 e. The van der Waals surface area contributed by atoms with Gasteiger partial charge in [-0.05, 0) is 84.9 Å². The molecule has 0 aliphatic carbocycles. The van der Waals surface area contributed by atoms with E-state index in [0.717, 1.165) is 25.9 Å². The number of halogens is 2. The number of carbonyl (C=O) groups is 2. The van der Waals surface area contributed by atoms with Gasteiger partial charge < -0.3 is 28.8 Å². The number of rotatable bonds is 12. The molecule has 3 aliphatic rings. The zero-order valence-electron chi connectivity index (χ0n) is 28.5. The Labute approximate surface area is 306 Å². The van der Waals surface area contributed by atoms with Gasteiger partial charge in [0.2, 0.25) is 0 Å². The molecule has 2 atom stereocenters. The van der Waals surface area contributed by atoms with Crippen LogP contribution in [0.2, 0.25) is 10.0 Å². The summed E-state index contributed by atoms with van der Waals surface area (Å²) in [6.45, 7) is 2.66. The van der Waals surface area contributed by atoms with Gasteiger partial charge in [0, 0.05) is 31.4 Å². The standard InChI is InChI=1S/C38H39Cl2N3O8/c1-47-27-8-9-32(44)31(17-27)43(38(46)51-36-22-42-13-11-24(36)12-14-42)21-23-5-4-6-26(15-23)37(45)50-34(18-28-29(39)19-41-20-30(28)40)25-7-10-33(48-2)35(16-25)49-3/h4-10,15-17,19-20,24,34,36,44H,11-14,18,21-22H2,1-3H3/t34-,36-/m0/s1. The van der Waals surface area contributed by atoms with E-state index < -0.39 is 18.2 Å². The average Bonchev–Trinajstić information content (AvgIpc) is 3.15. The van der Waals surface area contributed by atoms with Crippen molar-refractivity contribution in [3.8, 4) is 23.0 Å². The highest BCUT2D eigenvalue weighted by atomic mass is 35.5. The number of hydrogen-bond acceptors (Lipinski definition) is 10. The van der Waals surface area contributed by atoms with Crippen LogP contribution in [0.15, 0.2) is 73.1 Å². The Kier molecular flexibility index (Phi) is 11.4. The zero-order chi connectivity index (χ0) is 36.1. The molecule has 51 heavy (non-hydrogen) atoms. The van der Waals surface area contributed by atoms with Crippen LogP contribution in [0.25, 0.3) is 0 Å². The van der Waals surface area contributed by atoms with Gasteiger partial charge in [-0.1, -0.05) is 41.4 Å². The van der Waals surface area contributed by atoms with Gasteiger partial charge in [0.15, 0.2) is 11.5 Å². The van der Waals surface area contributed by atoms with Gasteiger partial charge in [-0.2, -0.15) is 0 Å². The molecule has 4 heterocycles. The Morgan fingerprint density at radius 3 is 2.35 bits per heavy atom. The van der Waals surface area contributed by atoms with Crippen LogP contribution in [0.4, 0.5) is 10.5 Å². The Bertz CT molecular complexity index is 1860. The number of phenols is 1. The van der Waals surface area contributed by atoms with E-state index in [1.807, 2.05) is 0 Å². The van der Waals surface area contributed by atoms with E-state index in [-0.39, 0.29) is 42.0 Å². The summed E-state index contributed by atoms with van der Waals surface area (Å²) < 4.78 is 28.5. The fraction of sp³-hybridized carbons (Fsp3) is 0.342. The SMILES string of the molecule is COc1ccc(O)c(N(Cc2cccc(C(=O)O[C@@H](Cc3c(Cl)cncc3Cl)c3ccc(OC)c(OC)c3)c2)C(=O)O[C@H]2CN3CCC2CC3)c1. The molecule has 3 aromatic carbocycles. The molecule has 11 nitrogen and oxygen atoms in total. The van der Waals surface area contributed by atoms with E-state index in [4.69, 9.17) is 46.9 Å². The van der Waals surface area contributed by atoms with Crippen molar-refractivity contribution in [1.82, 2.24) is 9.88 Å². The molecule has 2 bridgehead atoms. The number of ether oxygens (including phenoxy) is 5. The van der Waals surface area contributed by atoms with Crippen molar-refractivity contribution >= 4 is 41.0 Å². The smallest absolute Gasteiger partial charge is 0.415 e. The first-order valence-electron chi connectivity index (χ1n) is 16.5. The molecule has 1 N–H and O–H groups in total. The van der Waals surface area contributed by atoms with Crippen LogP contribution in [0.3, 0.4) is 0 Å². The minimum atomic E-state index is -0.833. The number of nitrogens with zero attached hydrogens (tertiary/aromatic N) is 3. The molecule has 0 radical (unpaired) electrons. The van der Waals surface area contributed by atoms with Crippen molar-refractivity contribution in [1.29, 1.82) is 0 Å². The number of pyridine rings is 1. The van der Waals surface area contributed by atoms with E-state index in [0.29, 0.717) is 50.5 Å². The molecular formula is C38H39Cl2N3O8. The van der Waals surface area contributed by atoms with Crippen molar-refractivity contribution in [2.24, 2.45) is 5.92 Å². The minimum absolute atomic E-state index is 0.0108. The summed E-state index contributed by atoms with van der Waals surface area (Å²) in [4.78, 5) is 35.4. The average molecular weight is 737 g/mol. The lowest BCUT2D eigenvalue weighted by Gasteiger charge is -2.44. The molecule has 1 amide bonds. The highest BCUT2D eigenvalue weighted by Crippen LogP contribution is 2.37. The molecule has 0 saturated carbocycles. The summed E-state index contributed by atoms with van der Waals surface area (Å²) >= 11 is 12.9. The van der Waals surface area contributed by atoms with E-state index >= 15 is 0 Å². The number of benzene rings is 3. The number of hydrogen-bond donors (Lipinski definition) is 1. The zero-order valence-corrected chi connectivity index (χ0v) is 30.0. The van der Waals surface area contributed by atoms with E-state index in [1.165, 1.54) is 44.7 Å². The highest BCUT2D eigenvalue weighted by Gasteiger charge is 2.38. The highest BCUT2D eigenvalue weighted by molar-refractivity contribution is 6.35. The molecule has 3 aliphatic heterocycles. The maximum atomic E-state index is 13.9. The number of anilines is 1. The van der Waals surface area contributed by atoms with Crippen LogP contribution >= 0.6 is 23.2 Å². The second-order valence-corrected chi connectivity index (χ2v) is 13.3. The third-order valence-corrected chi connectivity index (χ3v) is 10.1. The predicted octanol–water partition coefficient (Wildman–Crippen LogP) is 7.50. The Morgan fingerprint density at radius 2 is 1.69 bits per heavy atom. The van der Waals surface area contributed by atoms with Crippen LogP contribution in [0, 0.1) is 5.92 Å². The lowest BCUT2D eigenvalue weighted by atomic mass is 9.86. The van der Waals surface area contributed by atoms with Gasteiger partial charge in [-0.25, -0.2) is 9.59 Å². The van der Waals surface area contributed by atoms with Gasteiger partial charge in [-0.3, -0.25) is 14.8 Å². The summed E-state index contributed by atoms with van der Waals surface area (Å²) in [5.41, 5.74) is 2.24. The van der Waals surface area contributed by atoms with E-state index in [1.54, 1.807) is 54.6 Å². The Hall–Kier alpha value is -4.71. The largest absolute Gasteiger partial charge is 0.506 e. The van der Waals surface area contributed by atoms with Crippen LogP contribution in [0.1, 0.15) is 46.0 Å². The Balaban J connectivity index is 1.28.